The van der Waals surface area contributed by atoms with Crippen molar-refractivity contribution < 1.29 is 24.3 Å². The van der Waals surface area contributed by atoms with E-state index in [-0.39, 0.29) is 25.2 Å². The highest BCUT2D eigenvalue weighted by Crippen LogP contribution is 2.15. The minimum absolute atomic E-state index is 0.00151. The number of nitrogens with two attached hydrogens (primary N) is 1. The first-order valence-electron chi connectivity index (χ1n) is 5.71. The molecule has 2 amide bonds. The van der Waals surface area contributed by atoms with Crippen molar-refractivity contribution in [3.63, 3.8) is 0 Å². The lowest BCUT2D eigenvalue weighted by atomic mass is 10.2. The van der Waals surface area contributed by atoms with Gasteiger partial charge in [-0.25, -0.2) is 0 Å². The van der Waals surface area contributed by atoms with Gasteiger partial charge in [0.15, 0.2) is 0 Å². The normalized spacial score (nSPS) is 11.6. The van der Waals surface area contributed by atoms with E-state index < -0.39 is 23.0 Å². The van der Waals surface area contributed by atoms with Crippen molar-refractivity contribution in [1.29, 1.82) is 0 Å². The van der Waals surface area contributed by atoms with Gasteiger partial charge in [0.2, 0.25) is 11.8 Å². The number of carboxylic acid groups (broad SMARTS) is 1. The summed E-state index contributed by atoms with van der Waals surface area (Å²) in [5, 5.41) is 10.1. The molecule has 0 heterocycles. The van der Waals surface area contributed by atoms with Crippen molar-refractivity contribution in [2.45, 2.75) is 31.4 Å². The number of carboxylic acids is 1. The van der Waals surface area contributed by atoms with Crippen LogP contribution in [-0.2, 0) is 19.2 Å². The Balaban J connectivity index is 4.04. The molecule has 0 bridgehead atoms. The van der Waals surface area contributed by atoms with Crippen molar-refractivity contribution in [2.75, 3.05) is 12.3 Å². The SMILES string of the molecule is CC(=O)CCSC(CC(=O)NCCC(=O)O)C(N)=O. The zero-order valence-corrected chi connectivity index (χ0v) is 11.5. The molecule has 0 aliphatic heterocycles. The third-order valence-electron chi connectivity index (χ3n) is 2.12. The highest BCUT2D eigenvalue weighted by atomic mass is 32.2. The molecule has 0 saturated heterocycles. The zero-order valence-electron chi connectivity index (χ0n) is 10.7. The number of thioether (sulfide) groups is 1. The number of Topliss-reactive ketones (excluding diaryl/α,β-unsaturated/α-hetero) is 1. The number of carbonyl (C=O) groups excluding carboxylic acids is 3. The molecule has 0 aliphatic rings. The summed E-state index contributed by atoms with van der Waals surface area (Å²) < 4.78 is 0. The average Bonchev–Trinajstić information content (AvgIpc) is 2.26. The fourth-order valence-corrected chi connectivity index (χ4v) is 2.26. The van der Waals surface area contributed by atoms with Gasteiger partial charge in [0.25, 0.3) is 0 Å². The molecule has 1 unspecified atom stereocenters. The minimum Gasteiger partial charge on any atom is -0.481 e. The van der Waals surface area contributed by atoms with Crippen molar-refractivity contribution in [3.8, 4) is 0 Å². The summed E-state index contributed by atoms with van der Waals surface area (Å²) in [4.78, 5) is 43.6. The van der Waals surface area contributed by atoms with Gasteiger partial charge in [-0.05, 0) is 6.92 Å². The van der Waals surface area contributed by atoms with E-state index in [1.54, 1.807) is 0 Å². The zero-order chi connectivity index (χ0) is 14.8. The van der Waals surface area contributed by atoms with E-state index in [1.807, 2.05) is 0 Å². The number of primary amides is 1. The first-order chi connectivity index (χ1) is 8.82. The molecule has 0 rings (SSSR count). The summed E-state index contributed by atoms with van der Waals surface area (Å²) in [7, 11) is 0. The number of aliphatic carboxylic acids is 1. The number of amides is 2. The van der Waals surface area contributed by atoms with Crippen molar-refractivity contribution in [2.24, 2.45) is 5.73 Å². The Morgan fingerprint density at radius 2 is 1.89 bits per heavy atom. The fourth-order valence-electron chi connectivity index (χ4n) is 1.14. The number of rotatable bonds is 10. The molecule has 0 saturated carbocycles. The van der Waals surface area contributed by atoms with Crippen LogP contribution in [0.5, 0.6) is 0 Å². The largest absolute Gasteiger partial charge is 0.481 e. The van der Waals surface area contributed by atoms with E-state index in [9.17, 15) is 19.2 Å². The molecular formula is C11H18N2O5S. The Kier molecular flexibility index (Phi) is 8.60. The Labute approximate surface area is 115 Å². The molecule has 0 aromatic carbocycles. The van der Waals surface area contributed by atoms with Gasteiger partial charge in [-0.1, -0.05) is 0 Å². The van der Waals surface area contributed by atoms with E-state index in [0.717, 1.165) is 11.8 Å². The minimum atomic E-state index is -1.01. The second-order valence-corrected chi connectivity index (χ2v) is 5.22. The Hall–Kier alpha value is -1.57. The average molecular weight is 290 g/mol. The standard InChI is InChI=1S/C11H18N2O5S/c1-7(14)3-5-19-8(11(12)18)6-9(15)13-4-2-10(16)17/h8H,2-6H2,1H3,(H2,12,18)(H,13,15)(H,16,17). The predicted octanol–water partition coefficient (Wildman–Crippen LogP) is -0.466. The Morgan fingerprint density at radius 3 is 2.37 bits per heavy atom. The highest BCUT2D eigenvalue weighted by Gasteiger charge is 2.19. The van der Waals surface area contributed by atoms with E-state index >= 15 is 0 Å². The van der Waals surface area contributed by atoms with Gasteiger partial charge in [0.1, 0.15) is 5.78 Å². The summed E-state index contributed by atoms with van der Waals surface area (Å²) in [6.07, 6.45) is 0.0249. The quantitative estimate of drug-likeness (QED) is 0.499. The maximum Gasteiger partial charge on any atom is 0.305 e. The Morgan fingerprint density at radius 1 is 1.26 bits per heavy atom. The smallest absolute Gasteiger partial charge is 0.305 e. The first-order valence-corrected chi connectivity index (χ1v) is 6.76. The molecule has 1 atom stereocenters. The second-order valence-electron chi connectivity index (χ2n) is 3.91. The summed E-state index contributed by atoms with van der Waals surface area (Å²) in [5.41, 5.74) is 5.16. The molecule has 0 radical (unpaired) electrons. The molecule has 8 heteroatoms. The molecule has 0 aromatic heterocycles. The van der Waals surface area contributed by atoms with Gasteiger partial charge in [-0.3, -0.25) is 19.2 Å². The summed E-state index contributed by atoms with van der Waals surface area (Å²) in [6.45, 7) is 1.45. The van der Waals surface area contributed by atoms with Crippen molar-refractivity contribution in [1.82, 2.24) is 5.32 Å². The van der Waals surface area contributed by atoms with Crippen LogP contribution in [0.4, 0.5) is 0 Å². The van der Waals surface area contributed by atoms with Crippen LogP contribution in [0, 0.1) is 0 Å². The van der Waals surface area contributed by atoms with Crippen molar-refractivity contribution in [3.05, 3.63) is 0 Å². The van der Waals surface area contributed by atoms with Crippen LogP contribution in [0.15, 0.2) is 0 Å². The first kappa shape index (κ1) is 17.4. The summed E-state index contributed by atoms with van der Waals surface area (Å²) in [6, 6.07) is 0. The Bertz CT molecular complexity index is 359. The molecule has 0 aromatic rings. The number of hydrogen-bond donors (Lipinski definition) is 3. The number of carbonyl (C=O) groups is 4. The monoisotopic (exact) mass is 290 g/mol. The molecule has 0 spiro atoms. The van der Waals surface area contributed by atoms with Crippen LogP contribution < -0.4 is 11.1 Å². The van der Waals surface area contributed by atoms with Gasteiger partial charge in [-0.15, -0.1) is 11.8 Å². The maximum atomic E-state index is 11.4. The second kappa shape index (κ2) is 9.37. The number of hydrogen-bond acceptors (Lipinski definition) is 5. The summed E-state index contributed by atoms with van der Waals surface area (Å²) >= 11 is 1.15. The van der Waals surface area contributed by atoms with Crippen LogP contribution >= 0.6 is 11.8 Å². The van der Waals surface area contributed by atoms with E-state index in [0.29, 0.717) is 12.2 Å². The molecule has 0 aliphatic carbocycles. The van der Waals surface area contributed by atoms with Crippen LogP contribution in [0.3, 0.4) is 0 Å². The lowest BCUT2D eigenvalue weighted by molar-refractivity contribution is -0.137. The van der Waals surface area contributed by atoms with Crippen LogP contribution in [-0.4, -0.2) is 46.2 Å². The van der Waals surface area contributed by atoms with Gasteiger partial charge in [-0.2, -0.15) is 0 Å². The molecular weight excluding hydrogens is 272 g/mol. The predicted molar refractivity (Wildman–Crippen MR) is 70.6 cm³/mol. The number of ketones is 1. The maximum absolute atomic E-state index is 11.4. The topological polar surface area (TPSA) is 127 Å². The molecule has 7 nitrogen and oxygen atoms in total. The fraction of sp³-hybridized carbons (Fsp3) is 0.636. The lowest BCUT2D eigenvalue weighted by Crippen LogP contribution is -2.34. The highest BCUT2D eigenvalue weighted by molar-refractivity contribution is 8.00. The van der Waals surface area contributed by atoms with E-state index in [2.05, 4.69) is 5.32 Å². The van der Waals surface area contributed by atoms with Gasteiger partial charge in [0, 0.05) is 25.1 Å². The van der Waals surface area contributed by atoms with Crippen LogP contribution in [0.25, 0.3) is 0 Å². The molecule has 108 valence electrons. The van der Waals surface area contributed by atoms with Crippen LogP contribution in [0.2, 0.25) is 0 Å². The van der Waals surface area contributed by atoms with Crippen LogP contribution in [0.1, 0.15) is 26.2 Å². The third-order valence-corrected chi connectivity index (χ3v) is 3.36. The van der Waals surface area contributed by atoms with Gasteiger partial charge < -0.3 is 16.2 Å². The lowest BCUT2D eigenvalue weighted by Gasteiger charge is -2.12. The molecule has 4 N–H and O–H groups in total. The van der Waals surface area contributed by atoms with E-state index in [1.165, 1.54) is 6.92 Å². The van der Waals surface area contributed by atoms with Gasteiger partial charge in [0.05, 0.1) is 11.7 Å². The van der Waals surface area contributed by atoms with Gasteiger partial charge >= 0.3 is 5.97 Å². The third kappa shape index (κ3) is 10.1. The summed E-state index contributed by atoms with van der Waals surface area (Å²) in [5.74, 6) is -1.64. The van der Waals surface area contributed by atoms with Crippen molar-refractivity contribution >= 4 is 35.3 Å². The van der Waals surface area contributed by atoms with E-state index in [4.69, 9.17) is 10.8 Å². The molecule has 0 fully saturated rings. The number of nitrogens with one attached hydrogen (secondary N) is 1. The molecule has 19 heavy (non-hydrogen) atoms.